The molecule has 8 heteroatoms. The molecule has 0 aliphatic rings. The second kappa shape index (κ2) is 6.99. The lowest BCUT2D eigenvalue weighted by Crippen LogP contribution is -2.36. The maximum absolute atomic E-state index is 12.0. The molecule has 0 aromatic heterocycles. The largest absolute Gasteiger partial charge is 0.481 e. The number of carboxylic acids is 1. The van der Waals surface area contributed by atoms with Crippen LogP contribution in [-0.4, -0.2) is 27.9 Å². The van der Waals surface area contributed by atoms with E-state index < -0.39 is 22.8 Å². The molecule has 1 aromatic carbocycles. The minimum absolute atomic E-state index is 0.100. The van der Waals surface area contributed by atoms with Gasteiger partial charge in [0.25, 0.3) is 11.6 Å². The van der Waals surface area contributed by atoms with Crippen molar-refractivity contribution in [3.8, 4) is 0 Å². The van der Waals surface area contributed by atoms with E-state index in [0.717, 1.165) is 6.07 Å². The number of aliphatic carboxylic acids is 1. The molecular weight excluding hydrogens is 332 g/mol. The number of amides is 1. The van der Waals surface area contributed by atoms with Gasteiger partial charge in [0.05, 0.1) is 16.9 Å². The summed E-state index contributed by atoms with van der Waals surface area (Å²) in [5.74, 6) is -1.57. The number of nitro groups is 1. The summed E-state index contributed by atoms with van der Waals surface area (Å²) < 4.78 is 0.408. The maximum Gasteiger partial charge on any atom is 0.305 e. The van der Waals surface area contributed by atoms with Gasteiger partial charge in [-0.25, -0.2) is 0 Å². The molecule has 0 saturated heterocycles. The number of carbonyl (C=O) groups excluding carboxylic acids is 1. The molecular formula is C12H13BrN2O5. The Morgan fingerprint density at radius 3 is 2.65 bits per heavy atom. The first-order valence-electron chi connectivity index (χ1n) is 5.81. The Balaban J connectivity index is 2.93. The number of halogens is 1. The fraction of sp³-hybridized carbons (Fsp3) is 0.333. The van der Waals surface area contributed by atoms with Gasteiger partial charge in [-0.05, 0) is 28.4 Å². The highest BCUT2D eigenvalue weighted by Crippen LogP contribution is 2.22. The van der Waals surface area contributed by atoms with Gasteiger partial charge >= 0.3 is 5.97 Å². The number of hydrogen-bond donors (Lipinski definition) is 2. The van der Waals surface area contributed by atoms with Gasteiger partial charge in [0.2, 0.25) is 0 Å². The van der Waals surface area contributed by atoms with Gasteiger partial charge < -0.3 is 10.4 Å². The van der Waals surface area contributed by atoms with Gasteiger partial charge in [-0.2, -0.15) is 0 Å². The van der Waals surface area contributed by atoms with Crippen LogP contribution in [0.1, 0.15) is 30.1 Å². The lowest BCUT2D eigenvalue weighted by atomic mass is 10.1. The van der Waals surface area contributed by atoms with Gasteiger partial charge in [-0.3, -0.25) is 19.7 Å². The Labute approximate surface area is 123 Å². The third-order valence-electron chi connectivity index (χ3n) is 2.65. The SMILES string of the molecule is CCC(CC(=O)O)NC(=O)c1cc([N+](=O)[O-])ccc1Br. The standard InChI is InChI=1S/C12H13BrN2O5/c1-2-7(5-11(16)17)14-12(18)9-6-8(15(19)20)3-4-10(9)13/h3-4,6-7H,2,5H2,1H3,(H,14,18)(H,16,17). The molecule has 0 radical (unpaired) electrons. The molecule has 20 heavy (non-hydrogen) atoms. The van der Waals surface area contributed by atoms with Crippen molar-refractivity contribution in [3.63, 3.8) is 0 Å². The zero-order valence-electron chi connectivity index (χ0n) is 10.6. The van der Waals surface area contributed by atoms with Crippen LogP contribution in [0.15, 0.2) is 22.7 Å². The summed E-state index contributed by atoms with van der Waals surface area (Å²) in [6, 6.07) is 3.30. The first-order valence-corrected chi connectivity index (χ1v) is 6.61. The second-order valence-electron chi connectivity index (χ2n) is 4.10. The highest BCUT2D eigenvalue weighted by molar-refractivity contribution is 9.10. The molecule has 1 aromatic rings. The van der Waals surface area contributed by atoms with E-state index in [1.54, 1.807) is 6.92 Å². The van der Waals surface area contributed by atoms with Crippen molar-refractivity contribution in [1.82, 2.24) is 5.32 Å². The molecule has 0 aliphatic heterocycles. The predicted octanol–water partition coefficient (Wildman–Crippen LogP) is 2.34. The summed E-state index contributed by atoms with van der Waals surface area (Å²) in [7, 11) is 0. The fourth-order valence-electron chi connectivity index (χ4n) is 1.57. The number of benzene rings is 1. The molecule has 0 saturated carbocycles. The van der Waals surface area contributed by atoms with Crippen molar-refractivity contribution >= 4 is 33.5 Å². The number of non-ortho nitro benzene ring substituents is 1. The predicted molar refractivity (Wildman–Crippen MR) is 74.6 cm³/mol. The minimum atomic E-state index is -1.02. The van der Waals surface area contributed by atoms with Crippen LogP contribution in [0.2, 0.25) is 0 Å². The zero-order valence-corrected chi connectivity index (χ0v) is 12.2. The van der Waals surface area contributed by atoms with E-state index in [1.165, 1.54) is 12.1 Å². The molecule has 0 bridgehead atoms. The second-order valence-corrected chi connectivity index (χ2v) is 4.95. The van der Waals surface area contributed by atoms with E-state index >= 15 is 0 Å². The Kier molecular flexibility index (Phi) is 5.63. The molecule has 1 unspecified atom stereocenters. The van der Waals surface area contributed by atoms with Crippen LogP contribution in [0, 0.1) is 10.1 Å². The lowest BCUT2D eigenvalue weighted by Gasteiger charge is -2.15. The van der Waals surface area contributed by atoms with Crippen LogP contribution in [-0.2, 0) is 4.79 Å². The maximum atomic E-state index is 12.0. The minimum Gasteiger partial charge on any atom is -0.481 e. The Morgan fingerprint density at radius 1 is 1.50 bits per heavy atom. The van der Waals surface area contributed by atoms with Crippen LogP contribution in [0.4, 0.5) is 5.69 Å². The number of rotatable bonds is 6. The molecule has 1 atom stereocenters. The Hall–Kier alpha value is -1.96. The van der Waals surface area contributed by atoms with E-state index in [0.29, 0.717) is 10.9 Å². The average Bonchev–Trinajstić information content (AvgIpc) is 2.37. The van der Waals surface area contributed by atoms with Gasteiger partial charge in [0.15, 0.2) is 0 Å². The van der Waals surface area contributed by atoms with Crippen molar-refractivity contribution in [2.45, 2.75) is 25.8 Å². The van der Waals surface area contributed by atoms with Crippen LogP contribution < -0.4 is 5.32 Å². The molecule has 2 N–H and O–H groups in total. The number of nitrogens with zero attached hydrogens (tertiary/aromatic N) is 1. The number of carboxylic acid groups (broad SMARTS) is 1. The first kappa shape index (κ1) is 16.1. The number of nitrogens with one attached hydrogen (secondary N) is 1. The molecule has 108 valence electrons. The van der Waals surface area contributed by atoms with E-state index in [-0.39, 0.29) is 17.7 Å². The average molecular weight is 345 g/mol. The highest BCUT2D eigenvalue weighted by Gasteiger charge is 2.19. The lowest BCUT2D eigenvalue weighted by molar-refractivity contribution is -0.384. The third-order valence-corrected chi connectivity index (χ3v) is 3.35. The van der Waals surface area contributed by atoms with Gasteiger partial charge in [-0.1, -0.05) is 6.92 Å². The van der Waals surface area contributed by atoms with Crippen LogP contribution >= 0.6 is 15.9 Å². The normalized spacial score (nSPS) is 11.7. The number of hydrogen-bond acceptors (Lipinski definition) is 4. The Morgan fingerprint density at radius 2 is 2.15 bits per heavy atom. The highest BCUT2D eigenvalue weighted by atomic mass is 79.9. The summed E-state index contributed by atoms with van der Waals surface area (Å²) in [4.78, 5) is 32.8. The topological polar surface area (TPSA) is 110 Å². The van der Waals surface area contributed by atoms with Crippen molar-refractivity contribution in [2.75, 3.05) is 0 Å². The monoisotopic (exact) mass is 344 g/mol. The smallest absolute Gasteiger partial charge is 0.305 e. The van der Waals surface area contributed by atoms with Crippen LogP contribution in [0.25, 0.3) is 0 Å². The third kappa shape index (κ3) is 4.30. The molecule has 0 fully saturated rings. The van der Waals surface area contributed by atoms with E-state index in [2.05, 4.69) is 21.2 Å². The molecule has 0 heterocycles. The zero-order chi connectivity index (χ0) is 15.3. The van der Waals surface area contributed by atoms with Crippen molar-refractivity contribution in [1.29, 1.82) is 0 Å². The van der Waals surface area contributed by atoms with Gasteiger partial charge in [0, 0.05) is 22.6 Å². The number of carbonyl (C=O) groups is 2. The molecule has 1 amide bonds. The first-order chi connectivity index (χ1) is 9.35. The van der Waals surface area contributed by atoms with Crippen molar-refractivity contribution < 1.29 is 19.6 Å². The summed E-state index contributed by atoms with van der Waals surface area (Å²) in [6.45, 7) is 1.75. The number of nitro benzene ring substituents is 1. The quantitative estimate of drug-likeness (QED) is 0.607. The van der Waals surface area contributed by atoms with Gasteiger partial charge in [0.1, 0.15) is 0 Å². The molecule has 7 nitrogen and oxygen atoms in total. The van der Waals surface area contributed by atoms with Crippen LogP contribution in [0.3, 0.4) is 0 Å². The van der Waals surface area contributed by atoms with Crippen molar-refractivity contribution in [2.24, 2.45) is 0 Å². The van der Waals surface area contributed by atoms with E-state index in [9.17, 15) is 19.7 Å². The van der Waals surface area contributed by atoms with E-state index in [4.69, 9.17) is 5.11 Å². The van der Waals surface area contributed by atoms with Gasteiger partial charge in [-0.15, -0.1) is 0 Å². The van der Waals surface area contributed by atoms with E-state index in [1.807, 2.05) is 0 Å². The van der Waals surface area contributed by atoms with Crippen LogP contribution in [0.5, 0.6) is 0 Å². The summed E-state index contributed by atoms with van der Waals surface area (Å²) in [5, 5.41) is 22.0. The molecule has 0 aliphatic carbocycles. The summed E-state index contributed by atoms with van der Waals surface area (Å²) >= 11 is 3.14. The molecule has 1 rings (SSSR count). The van der Waals surface area contributed by atoms with Crippen molar-refractivity contribution in [3.05, 3.63) is 38.3 Å². The molecule has 0 spiro atoms. The Bertz CT molecular complexity index is 547. The summed E-state index contributed by atoms with van der Waals surface area (Å²) in [5.41, 5.74) is -0.104. The summed E-state index contributed by atoms with van der Waals surface area (Å²) in [6.07, 6.45) is 0.249. The fourth-order valence-corrected chi connectivity index (χ4v) is 2.00.